The Bertz CT molecular complexity index is 751. The van der Waals surface area contributed by atoms with Crippen molar-refractivity contribution in [3.8, 4) is 0 Å². The van der Waals surface area contributed by atoms with Crippen molar-refractivity contribution in [1.29, 1.82) is 0 Å². The van der Waals surface area contributed by atoms with Crippen LogP contribution in [0.5, 0.6) is 0 Å². The van der Waals surface area contributed by atoms with Gasteiger partial charge in [-0.15, -0.1) is 0 Å². The minimum atomic E-state index is 0.0889. The molecule has 1 amide bonds. The summed E-state index contributed by atoms with van der Waals surface area (Å²) in [5.41, 5.74) is 4.57. The molecular formula is C19H24N4O. The van der Waals surface area contributed by atoms with E-state index in [-0.39, 0.29) is 17.4 Å². The first kappa shape index (κ1) is 15.4. The number of rotatable bonds is 4. The highest BCUT2D eigenvalue weighted by atomic mass is 16.1. The van der Waals surface area contributed by atoms with E-state index in [9.17, 15) is 4.79 Å². The molecule has 0 saturated heterocycles. The Labute approximate surface area is 142 Å². The van der Waals surface area contributed by atoms with Gasteiger partial charge in [-0.25, -0.2) is 4.98 Å². The first-order valence-corrected chi connectivity index (χ1v) is 8.80. The minimum absolute atomic E-state index is 0.0889. The molecule has 0 saturated carbocycles. The van der Waals surface area contributed by atoms with Crippen LogP contribution in [0.3, 0.4) is 0 Å². The van der Waals surface area contributed by atoms with Crippen molar-refractivity contribution in [3.05, 3.63) is 47.5 Å². The van der Waals surface area contributed by atoms with Crippen LogP contribution < -0.4 is 5.32 Å². The molecule has 2 atom stereocenters. The summed E-state index contributed by atoms with van der Waals surface area (Å²) < 4.78 is 1.69. The van der Waals surface area contributed by atoms with Gasteiger partial charge >= 0.3 is 0 Å². The predicted octanol–water partition coefficient (Wildman–Crippen LogP) is 3.08. The average Bonchev–Trinajstić information content (AvgIpc) is 3.19. The number of hydrogen-bond acceptors (Lipinski definition) is 3. The smallest absolute Gasteiger partial charge is 0.222 e. The maximum Gasteiger partial charge on any atom is 0.222 e. The third-order valence-corrected chi connectivity index (χ3v) is 5.66. The minimum Gasteiger partial charge on any atom is -0.349 e. The van der Waals surface area contributed by atoms with Crippen LogP contribution in [0.25, 0.3) is 0 Å². The quantitative estimate of drug-likeness (QED) is 0.940. The SMILES string of the molecule is CC1(C)CC[C@@H]2C[C@H](NC(=O)CCn3cncn3)c3cccc1c32. The molecule has 2 aliphatic rings. The Kier molecular flexibility index (Phi) is 3.66. The van der Waals surface area contributed by atoms with Gasteiger partial charge in [0.05, 0.1) is 12.6 Å². The largest absolute Gasteiger partial charge is 0.349 e. The molecule has 5 nitrogen and oxygen atoms in total. The third kappa shape index (κ3) is 2.62. The van der Waals surface area contributed by atoms with Gasteiger partial charge in [0.25, 0.3) is 0 Å². The van der Waals surface area contributed by atoms with E-state index in [2.05, 4.69) is 47.4 Å². The summed E-state index contributed by atoms with van der Waals surface area (Å²) in [4.78, 5) is 16.3. The van der Waals surface area contributed by atoms with Crippen LogP contribution in [0.4, 0.5) is 0 Å². The van der Waals surface area contributed by atoms with Gasteiger partial charge in [-0.2, -0.15) is 5.10 Å². The van der Waals surface area contributed by atoms with Crippen molar-refractivity contribution in [3.63, 3.8) is 0 Å². The summed E-state index contributed by atoms with van der Waals surface area (Å²) in [6.45, 7) is 5.24. The second-order valence-corrected chi connectivity index (χ2v) is 7.69. The van der Waals surface area contributed by atoms with Gasteiger partial charge in [-0.05, 0) is 47.3 Å². The highest BCUT2D eigenvalue weighted by Gasteiger charge is 2.40. The maximum atomic E-state index is 12.4. The predicted molar refractivity (Wildman–Crippen MR) is 91.6 cm³/mol. The number of amides is 1. The van der Waals surface area contributed by atoms with Gasteiger partial charge in [0.15, 0.2) is 0 Å². The molecule has 24 heavy (non-hydrogen) atoms. The van der Waals surface area contributed by atoms with Gasteiger partial charge in [0, 0.05) is 6.42 Å². The Balaban J connectivity index is 1.49. The van der Waals surface area contributed by atoms with E-state index in [1.54, 1.807) is 11.0 Å². The number of aryl methyl sites for hydroxylation is 1. The van der Waals surface area contributed by atoms with Crippen LogP contribution in [0.1, 0.15) is 68.2 Å². The number of nitrogens with one attached hydrogen (secondary N) is 1. The van der Waals surface area contributed by atoms with Crippen molar-refractivity contribution in [2.75, 3.05) is 0 Å². The van der Waals surface area contributed by atoms with E-state index >= 15 is 0 Å². The molecule has 0 aliphatic heterocycles. The lowest BCUT2D eigenvalue weighted by molar-refractivity contribution is -0.122. The van der Waals surface area contributed by atoms with E-state index in [1.165, 1.54) is 35.9 Å². The molecule has 0 unspecified atom stereocenters. The summed E-state index contributed by atoms with van der Waals surface area (Å²) in [6.07, 6.45) is 7.06. The zero-order chi connectivity index (χ0) is 16.7. The summed E-state index contributed by atoms with van der Waals surface area (Å²) in [7, 11) is 0. The van der Waals surface area contributed by atoms with Crippen LogP contribution in [0.2, 0.25) is 0 Å². The van der Waals surface area contributed by atoms with Gasteiger partial charge < -0.3 is 5.32 Å². The van der Waals surface area contributed by atoms with E-state index in [4.69, 9.17) is 0 Å². The highest BCUT2D eigenvalue weighted by Crippen LogP contribution is 2.52. The lowest BCUT2D eigenvalue weighted by Gasteiger charge is -2.35. The topological polar surface area (TPSA) is 59.8 Å². The summed E-state index contributed by atoms with van der Waals surface area (Å²) >= 11 is 0. The summed E-state index contributed by atoms with van der Waals surface area (Å²) in [6, 6.07) is 6.78. The van der Waals surface area contributed by atoms with Crippen LogP contribution in [0, 0.1) is 0 Å². The second-order valence-electron chi connectivity index (χ2n) is 7.69. The number of carbonyl (C=O) groups excluding carboxylic acids is 1. The van der Waals surface area contributed by atoms with Crippen LogP contribution >= 0.6 is 0 Å². The summed E-state index contributed by atoms with van der Waals surface area (Å²) in [5, 5.41) is 7.29. The van der Waals surface area contributed by atoms with E-state index in [1.807, 2.05) is 0 Å². The standard InChI is InChI=1S/C19H24N4O/c1-19(2)8-6-13-10-16(14-4-3-5-15(19)18(13)14)22-17(24)7-9-23-12-20-11-21-23/h3-5,11-13,16H,6-10H2,1-2H3,(H,22,24)/t13-,16+/m1/s1. The molecule has 1 aromatic heterocycles. The number of hydrogen-bond donors (Lipinski definition) is 1. The van der Waals surface area contributed by atoms with Gasteiger partial charge in [0.2, 0.25) is 5.91 Å². The average molecular weight is 324 g/mol. The Morgan fingerprint density at radius 1 is 1.42 bits per heavy atom. The Morgan fingerprint density at radius 3 is 3.08 bits per heavy atom. The molecule has 0 radical (unpaired) electrons. The molecule has 4 rings (SSSR count). The molecular weight excluding hydrogens is 300 g/mol. The van der Waals surface area contributed by atoms with E-state index < -0.39 is 0 Å². The first-order valence-electron chi connectivity index (χ1n) is 8.80. The zero-order valence-electron chi connectivity index (χ0n) is 14.3. The third-order valence-electron chi connectivity index (χ3n) is 5.66. The fourth-order valence-electron chi connectivity index (χ4n) is 4.36. The molecule has 126 valence electrons. The number of aromatic nitrogens is 3. The molecule has 1 N–H and O–H groups in total. The zero-order valence-corrected chi connectivity index (χ0v) is 14.3. The monoisotopic (exact) mass is 324 g/mol. The van der Waals surface area contributed by atoms with Crippen molar-refractivity contribution in [1.82, 2.24) is 20.1 Å². The van der Waals surface area contributed by atoms with Crippen LogP contribution in [-0.2, 0) is 16.8 Å². The molecule has 0 fully saturated rings. The van der Waals surface area contributed by atoms with Crippen molar-refractivity contribution in [2.24, 2.45) is 0 Å². The Morgan fingerprint density at radius 2 is 2.29 bits per heavy atom. The van der Waals surface area contributed by atoms with Crippen LogP contribution in [0.15, 0.2) is 30.9 Å². The number of nitrogens with zero attached hydrogens (tertiary/aromatic N) is 3. The van der Waals surface area contributed by atoms with E-state index in [0.717, 1.165) is 6.42 Å². The van der Waals surface area contributed by atoms with Crippen molar-refractivity contribution >= 4 is 5.91 Å². The van der Waals surface area contributed by atoms with Crippen LogP contribution in [-0.4, -0.2) is 20.7 Å². The van der Waals surface area contributed by atoms with Gasteiger partial charge in [0.1, 0.15) is 12.7 Å². The lowest BCUT2D eigenvalue weighted by atomic mass is 9.69. The van der Waals surface area contributed by atoms with Crippen molar-refractivity contribution < 1.29 is 4.79 Å². The summed E-state index contributed by atoms with van der Waals surface area (Å²) in [5.74, 6) is 0.691. The van der Waals surface area contributed by atoms with E-state index in [0.29, 0.717) is 18.9 Å². The maximum absolute atomic E-state index is 12.4. The molecule has 2 aliphatic carbocycles. The molecule has 1 heterocycles. The number of carbonyl (C=O) groups is 1. The lowest BCUT2D eigenvalue weighted by Crippen LogP contribution is -2.28. The normalized spacial score (nSPS) is 23.8. The fraction of sp³-hybridized carbons (Fsp3) is 0.526. The molecule has 0 bridgehead atoms. The van der Waals surface area contributed by atoms with Crippen molar-refractivity contribution in [2.45, 2.75) is 63.5 Å². The molecule has 2 aromatic rings. The molecule has 0 spiro atoms. The highest BCUT2D eigenvalue weighted by molar-refractivity contribution is 5.76. The fourth-order valence-corrected chi connectivity index (χ4v) is 4.36. The second kappa shape index (κ2) is 5.72. The van der Waals surface area contributed by atoms with Gasteiger partial charge in [-0.3, -0.25) is 9.48 Å². The number of benzene rings is 1. The first-order chi connectivity index (χ1) is 11.5. The van der Waals surface area contributed by atoms with Gasteiger partial charge in [-0.1, -0.05) is 32.0 Å². The molecule has 5 heteroatoms. The Hall–Kier alpha value is -2.17. The molecule has 1 aromatic carbocycles.